The minimum absolute atomic E-state index is 0.146. The average molecular weight is 449 g/mol. The van der Waals surface area contributed by atoms with Crippen molar-refractivity contribution in [2.75, 3.05) is 13.1 Å². The summed E-state index contributed by atoms with van der Waals surface area (Å²) in [5.41, 5.74) is 6.16. The van der Waals surface area contributed by atoms with Gasteiger partial charge in [-0.25, -0.2) is 4.98 Å². The highest BCUT2D eigenvalue weighted by atomic mass is 32.1. The number of nitrogens with zero attached hydrogens (tertiary/aromatic N) is 2. The van der Waals surface area contributed by atoms with Gasteiger partial charge < -0.3 is 9.64 Å². The fourth-order valence-electron chi connectivity index (χ4n) is 4.16. The van der Waals surface area contributed by atoms with Gasteiger partial charge in [-0.2, -0.15) is 0 Å². The molecule has 2 heterocycles. The molecule has 1 aliphatic rings. The van der Waals surface area contributed by atoms with Crippen LogP contribution in [0.25, 0.3) is 11.3 Å². The van der Waals surface area contributed by atoms with Gasteiger partial charge in [-0.1, -0.05) is 24.6 Å². The van der Waals surface area contributed by atoms with Crippen LogP contribution in [0.1, 0.15) is 64.7 Å². The monoisotopic (exact) mass is 448 g/mol. The molecule has 1 amide bonds. The fourth-order valence-corrected chi connectivity index (χ4v) is 5.06. The molecule has 0 spiro atoms. The molecule has 2 aromatic carbocycles. The van der Waals surface area contributed by atoms with Gasteiger partial charge in [0.25, 0.3) is 5.91 Å². The number of rotatable bonds is 7. The van der Waals surface area contributed by atoms with Crippen LogP contribution < -0.4 is 4.74 Å². The minimum atomic E-state index is 0.146. The second-order valence-corrected chi connectivity index (χ2v) is 9.60. The van der Waals surface area contributed by atoms with Crippen molar-refractivity contribution >= 4 is 17.2 Å². The van der Waals surface area contributed by atoms with Crippen LogP contribution in [0, 0.1) is 13.8 Å². The summed E-state index contributed by atoms with van der Waals surface area (Å²) in [6.45, 7) is 8.53. The lowest BCUT2D eigenvalue weighted by Gasteiger charge is -2.27. The van der Waals surface area contributed by atoms with E-state index in [-0.39, 0.29) is 5.91 Å². The third-order valence-corrected chi connectivity index (χ3v) is 6.95. The fraction of sp³-hybridized carbons (Fsp3) is 0.407. The molecule has 0 unspecified atom stereocenters. The van der Waals surface area contributed by atoms with E-state index in [1.807, 2.05) is 29.2 Å². The summed E-state index contributed by atoms with van der Waals surface area (Å²) in [7, 11) is 0. The van der Waals surface area contributed by atoms with Crippen LogP contribution in [0.4, 0.5) is 0 Å². The summed E-state index contributed by atoms with van der Waals surface area (Å²) in [5, 5.41) is 3.29. The summed E-state index contributed by atoms with van der Waals surface area (Å²) >= 11 is 1.71. The first-order valence-electron chi connectivity index (χ1n) is 11.6. The highest BCUT2D eigenvalue weighted by Gasteiger charge is 2.19. The van der Waals surface area contributed by atoms with Crippen LogP contribution >= 0.6 is 11.3 Å². The van der Waals surface area contributed by atoms with E-state index < -0.39 is 0 Å². The van der Waals surface area contributed by atoms with Gasteiger partial charge in [-0.15, -0.1) is 11.3 Å². The third-order valence-electron chi connectivity index (χ3n) is 6.04. The Morgan fingerprint density at radius 2 is 1.91 bits per heavy atom. The van der Waals surface area contributed by atoms with E-state index in [2.05, 4.69) is 38.3 Å². The van der Waals surface area contributed by atoms with Crippen LogP contribution in [0.2, 0.25) is 0 Å². The van der Waals surface area contributed by atoms with Crippen molar-refractivity contribution in [2.24, 2.45) is 0 Å². The Labute approximate surface area is 195 Å². The van der Waals surface area contributed by atoms with Crippen molar-refractivity contribution in [1.29, 1.82) is 0 Å². The SMILES string of the molecule is CCCc1nc(-c2cc(C)ccc2OCc2ccc(C(=O)N3CCCCC3)cc2C)cs1. The van der Waals surface area contributed by atoms with Crippen LogP contribution in [0.15, 0.2) is 41.8 Å². The zero-order valence-corrected chi connectivity index (χ0v) is 20.1. The zero-order chi connectivity index (χ0) is 22.5. The predicted molar refractivity (Wildman–Crippen MR) is 132 cm³/mol. The van der Waals surface area contributed by atoms with Crippen molar-refractivity contribution in [3.05, 3.63) is 69.0 Å². The molecule has 0 saturated carbocycles. The molecule has 0 atom stereocenters. The predicted octanol–water partition coefficient (Wildman–Crippen LogP) is 6.58. The number of amides is 1. The number of thiazole rings is 1. The van der Waals surface area contributed by atoms with Crippen LogP contribution in [-0.2, 0) is 13.0 Å². The zero-order valence-electron chi connectivity index (χ0n) is 19.3. The van der Waals surface area contributed by atoms with Gasteiger partial charge in [0.2, 0.25) is 0 Å². The van der Waals surface area contributed by atoms with Gasteiger partial charge in [0, 0.05) is 29.6 Å². The topological polar surface area (TPSA) is 42.4 Å². The maximum atomic E-state index is 12.8. The number of carbonyl (C=O) groups excluding carboxylic acids is 1. The van der Waals surface area contributed by atoms with Crippen molar-refractivity contribution in [3.8, 4) is 17.0 Å². The molecule has 5 heteroatoms. The van der Waals surface area contributed by atoms with Crippen molar-refractivity contribution in [1.82, 2.24) is 9.88 Å². The summed E-state index contributed by atoms with van der Waals surface area (Å²) in [6, 6.07) is 12.2. The quantitative estimate of drug-likeness (QED) is 0.410. The van der Waals surface area contributed by atoms with Gasteiger partial charge in [0.05, 0.1) is 10.7 Å². The average Bonchev–Trinajstić information content (AvgIpc) is 3.27. The molecule has 32 heavy (non-hydrogen) atoms. The van der Waals surface area contributed by atoms with Gasteiger partial charge in [0.15, 0.2) is 0 Å². The maximum Gasteiger partial charge on any atom is 0.253 e. The number of carbonyl (C=O) groups is 1. The van der Waals surface area contributed by atoms with E-state index >= 15 is 0 Å². The molecule has 4 nitrogen and oxygen atoms in total. The number of hydrogen-bond acceptors (Lipinski definition) is 4. The van der Waals surface area contributed by atoms with E-state index in [1.165, 1.54) is 17.0 Å². The van der Waals surface area contributed by atoms with E-state index in [9.17, 15) is 4.79 Å². The highest BCUT2D eigenvalue weighted by Crippen LogP contribution is 2.33. The highest BCUT2D eigenvalue weighted by molar-refractivity contribution is 7.09. The lowest BCUT2D eigenvalue weighted by Crippen LogP contribution is -2.35. The lowest BCUT2D eigenvalue weighted by atomic mass is 10.0. The molecule has 0 aliphatic carbocycles. The molecule has 3 aromatic rings. The Morgan fingerprint density at radius 1 is 1.09 bits per heavy atom. The first kappa shape index (κ1) is 22.5. The summed E-state index contributed by atoms with van der Waals surface area (Å²) in [6.07, 6.45) is 5.54. The molecular weight excluding hydrogens is 416 g/mol. The van der Waals surface area contributed by atoms with E-state index in [0.29, 0.717) is 6.61 Å². The number of benzene rings is 2. The van der Waals surface area contributed by atoms with Crippen molar-refractivity contribution in [2.45, 2.75) is 59.5 Å². The maximum absolute atomic E-state index is 12.8. The van der Waals surface area contributed by atoms with Gasteiger partial charge >= 0.3 is 0 Å². The standard InChI is InChI=1S/C27H32N2O2S/c1-4-8-26-28-24(18-32-26)23-15-19(2)9-12-25(23)31-17-22-11-10-21(16-20(22)3)27(30)29-13-6-5-7-14-29/h9-12,15-16,18H,4-8,13-14,17H2,1-3H3. The third kappa shape index (κ3) is 5.21. The number of likely N-dealkylation sites (tertiary alicyclic amines) is 1. The lowest BCUT2D eigenvalue weighted by molar-refractivity contribution is 0.0724. The Morgan fingerprint density at radius 3 is 2.66 bits per heavy atom. The molecule has 1 saturated heterocycles. The molecule has 1 aliphatic heterocycles. The number of hydrogen-bond donors (Lipinski definition) is 0. The van der Waals surface area contributed by atoms with E-state index in [4.69, 9.17) is 9.72 Å². The normalized spacial score (nSPS) is 13.9. The second kappa shape index (κ2) is 10.3. The molecule has 0 N–H and O–H groups in total. The molecule has 168 valence electrons. The van der Waals surface area contributed by atoms with Crippen LogP contribution in [0.5, 0.6) is 5.75 Å². The largest absolute Gasteiger partial charge is 0.488 e. The van der Waals surface area contributed by atoms with E-state index in [0.717, 1.165) is 72.5 Å². The minimum Gasteiger partial charge on any atom is -0.488 e. The molecule has 0 bridgehead atoms. The van der Waals surface area contributed by atoms with Gasteiger partial charge in [0.1, 0.15) is 12.4 Å². The molecule has 0 radical (unpaired) electrons. The number of piperidine rings is 1. The number of aromatic nitrogens is 1. The van der Waals surface area contributed by atoms with Gasteiger partial charge in [-0.05, 0) is 81.3 Å². The van der Waals surface area contributed by atoms with Crippen LogP contribution in [-0.4, -0.2) is 28.9 Å². The Kier molecular flexibility index (Phi) is 7.26. The Bertz CT molecular complexity index is 1080. The van der Waals surface area contributed by atoms with Crippen molar-refractivity contribution < 1.29 is 9.53 Å². The number of ether oxygens (including phenoxy) is 1. The van der Waals surface area contributed by atoms with E-state index in [1.54, 1.807) is 11.3 Å². The Hall–Kier alpha value is -2.66. The smallest absolute Gasteiger partial charge is 0.253 e. The Balaban J connectivity index is 1.49. The summed E-state index contributed by atoms with van der Waals surface area (Å²) < 4.78 is 6.27. The summed E-state index contributed by atoms with van der Waals surface area (Å²) in [5.74, 6) is 0.990. The molecular formula is C27H32N2O2S. The molecule has 1 aromatic heterocycles. The molecule has 4 rings (SSSR count). The first-order valence-corrected chi connectivity index (χ1v) is 12.5. The summed E-state index contributed by atoms with van der Waals surface area (Å²) in [4.78, 5) is 19.6. The number of aryl methyl sites for hydroxylation is 3. The molecule has 1 fully saturated rings. The first-order chi connectivity index (χ1) is 15.5. The van der Waals surface area contributed by atoms with Crippen LogP contribution in [0.3, 0.4) is 0 Å². The van der Waals surface area contributed by atoms with Crippen molar-refractivity contribution in [3.63, 3.8) is 0 Å². The second-order valence-electron chi connectivity index (χ2n) is 8.66. The van der Waals surface area contributed by atoms with Gasteiger partial charge in [-0.3, -0.25) is 4.79 Å².